The molecule has 0 spiro atoms. The number of aliphatic hydroxyl groups is 2. The fourth-order valence-corrected chi connectivity index (χ4v) is 1.19. The van der Waals surface area contributed by atoms with Crippen molar-refractivity contribution in [1.82, 2.24) is 0 Å². The fourth-order valence-electron chi connectivity index (χ4n) is 1.19. The zero-order chi connectivity index (χ0) is 9.14. The average molecular weight is 172 g/mol. The lowest BCUT2D eigenvalue weighted by Crippen LogP contribution is -2.33. The average Bonchev–Trinajstić information content (AvgIpc) is 2.32. The van der Waals surface area contributed by atoms with Crippen LogP contribution in [0, 0.1) is 5.92 Å². The van der Waals surface area contributed by atoms with E-state index in [-0.39, 0.29) is 6.61 Å². The molecule has 1 aliphatic carbocycles. The standard InChI is InChI=1S/C8H12O4/c1-2-12-8(11)7-5(9)3-4-6(7)10/h3-7,9-10H,2H2,1H3/t5-,6+,7?. The summed E-state index contributed by atoms with van der Waals surface area (Å²) in [6.07, 6.45) is 0.955. The Morgan fingerprint density at radius 2 is 1.92 bits per heavy atom. The molecule has 0 aromatic carbocycles. The maximum absolute atomic E-state index is 11.1. The van der Waals surface area contributed by atoms with Gasteiger partial charge in [-0.2, -0.15) is 0 Å². The minimum Gasteiger partial charge on any atom is -0.466 e. The Labute approximate surface area is 70.5 Å². The summed E-state index contributed by atoms with van der Waals surface area (Å²) in [6, 6.07) is 0. The Hall–Kier alpha value is -0.870. The van der Waals surface area contributed by atoms with Crippen LogP contribution < -0.4 is 0 Å². The molecule has 2 N–H and O–H groups in total. The van der Waals surface area contributed by atoms with Gasteiger partial charge < -0.3 is 14.9 Å². The summed E-state index contributed by atoms with van der Waals surface area (Å²) in [5, 5.41) is 18.4. The third-order valence-electron chi connectivity index (χ3n) is 1.80. The van der Waals surface area contributed by atoms with Crippen molar-refractivity contribution >= 4 is 5.97 Å². The van der Waals surface area contributed by atoms with Gasteiger partial charge in [0.05, 0.1) is 18.8 Å². The Morgan fingerprint density at radius 1 is 1.42 bits per heavy atom. The van der Waals surface area contributed by atoms with Gasteiger partial charge in [-0.3, -0.25) is 4.79 Å². The van der Waals surface area contributed by atoms with Crippen LogP contribution in [-0.4, -0.2) is 35.0 Å². The van der Waals surface area contributed by atoms with Crippen LogP contribution in [0.5, 0.6) is 0 Å². The van der Waals surface area contributed by atoms with Gasteiger partial charge in [-0.1, -0.05) is 12.2 Å². The Balaban J connectivity index is 2.57. The quantitative estimate of drug-likeness (QED) is 0.433. The van der Waals surface area contributed by atoms with Crippen LogP contribution in [0.25, 0.3) is 0 Å². The zero-order valence-corrected chi connectivity index (χ0v) is 6.80. The number of aliphatic hydroxyl groups excluding tert-OH is 2. The zero-order valence-electron chi connectivity index (χ0n) is 6.80. The molecule has 1 aliphatic rings. The fraction of sp³-hybridized carbons (Fsp3) is 0.625. The largest absolute Gasteiger partial charge is 0.466 e. The number of carbonyl (C=O) groups excluding carboxylic acids is 1. The van der Waals surface area contributed by atoms with E-state index < -0.39 is 24.1 Å². The highest BCUT2D eigenvalue weighted by Gasteiger charge is 2.36. The number of ether oxygens (including phenoxy) is 1. The molecule has 0 heterocycles. The molecular weight excluding hydrogens is 160 g/mol. The number of esters is 1. The van der Waals surface area contributed by atoms with E-state index in [9.17, 15) is 15.0 Å². The van der Waals surface area contributed by atoms with Crippen molar-refractivity contribution < 1.29 is 19.7 Å². The summed E-state index contributed by atoms with van der Waals surface area (Å²) >= 11 is 0. The highest BCUT2D eigenvalue weighted by molar-refractivity contribution is 5.75. The summed E-state index contributed by atoms with van der Waals surface area (Å²) in [4.78, 5) is 11.1. The first-order valence-electron chi connectivity index (χ1n) is 3.88. The molecule has 12 heavy (non-hydrogen) atoms. The first-order chi connectivity index (χ1) is 5.66. The van der Waals surface area contributed by atoms with Crippen LogP contribution in [0.3, 0.4) is 0 Å². The van der Waals surface area contributed by atoms with Crippen molar-refractivity contribution in [2.45, 2.75) is 19.1 Å². The molecule has 4 heteroatoms. The Bertz CT molecular complexity index is 187. The first-order valence-corrected chi connectivity index (χ1v) is 3.88. The van der Waals surface area contributed by atoms with Crippen LogP contribution in [0.4, 0.5) is 0 Å². The second-order valence-electron chi connectivity index (χ2n) is 2.64. The van der Waals surface area contributed by atoms with E-state index in [0.29, 0.717) is 0 Å². The molecule has 1 rings (SSSR count). The van der Waals surface area contributed by atoms with Crippen molar-refractivity contribution in [3.8, 4) is 0 Å². The Kier molecular flexibility index (Phi) is 2.83. The van der Waals surface area contributed by atoms with Crippen LogP contribution in [0.2, 0.25) is 0 Å². The molecule has 1 unspecified atom stereocenters. The molecule has 0 saturated heterocycles. The predicted molar refractivity (Wildman–Crippen MR) is 41.3 cm³/mol. The molecule has 0 saturated carbocycles. The van der Waals surface area contributed by atoms with Gasteiger partial charge in [-0.05, 0) is 6.92 Å². The predicted octanol–water partition coefficient (Wildman–Crippen LogP) is -0.543. The molecular formula is C8H12O4. The van der Waals surface area contributed by atoms with E-state index in [2.05, 4.69) is 4.74 Å². The van der Waals surface area contributed by atoms with Crippen molar-refractivity contribution in [1.29, 1.82) is 0 Å². The highest BCUT2D eigenvalue weighted by atomic mass is 16.5. The number of rotatable bonds is 2. The molecule has 0 fully saturated rings. The van der Waals surface area contributed by atoms with E-state index in [1.165, 1.54) is 12.2 Å². The maximum Gasteiger partial charge on any atom is 0.314 e. The third kappa shape index (κ3) is 1.65. The van der Waals surface area contributed by atoms with Gasteiger partial charge in [0.15, 0.2) is 0 Å². The number of hydrogen-bond donors (Lipinski definition) is 2. The lowest BCUT2D eigenvalue weighted by Gasteiger charge is -2.15. The van der Waals surface area contributed by atoms with Crippen LogP contribution >= 0.6 is 0 Å². The Morgan fingerprint density at radius 3 is 2.33 bits per heavy atom. The summed E-state index contributed by atoms with van der Waals surface area (Å²) < 4.78 is 4.67. The molecule has 4 nitrogen and oxygen atoms in total. The van der Waals surface area contributed by atoms with Crippen molar-refractivity contribution in [2.24, 2.45) is 5.92 Å². The molecule has 0 radical (unpaired) electrons. The molecule has 0 aromatic rings. The summed E-state index contributed by atoms with van der Waals surface area (Å²) in [5.41, 5.74) is 0. The molecule has 3 atom stereocenters. The van der Waals surface area contributed by atoms with Crippen LogP contribution in [0.1, 0.15) is 6.92 Å². The minimum atomic E-state index is -0.918. The number of hydrogen-bond acceptors (Lipinski definition) is 4. The molecule has 0 amide bonds. The van der Waals surface area contributed by atoms with Gasteiger partial charge in [-0.25, -0.2) is 0 Å². The molecule has 0 aliphatic heterocycles. The van der Waals surface area contributed by atoms with E-state index in [1.54, 1.807) is 6.92 Å². The maximum atomic E-state index is 11.1. The molecule has 0 aromatic heterocycles. The van der Waals surface area contributed by atoms with Crippen molar-refractivity contribution in [2.75, 3.05) is 6.61 Å². The van der Waals surface area contributed by atoms with Gasteiger partial charge in [0.1, 0.15) is 5.92 Å². The van der Waals surface area contributed by atoms with E-state index in [1.807, 2.05) is 0 Å². The molecule has 0 bridgehead atoms. The smallest absolute Gasteiger partial charge is 0.314 e. The SMILES string of the molecule is CCOC(=O)C1[C@H](O)C=C[C@@H]1O. The van der Waals surface area contributed by atoms with Gasteiger partial charge in [0.2, 0.25) is 0 Å². The lowest BCUT2D eigenvalue weighted by molar-refractivity contribution is -0.153. The van der Waals surface area contributed by atoms with Crippen molar-refractivity contribution in [3.63, 3.8) is 0 Å². The minimum absolute atomic E-state index is 0.259. The third-order valence-corrected chi connectivity index (χ3v) is 1.80. The van der Waals surface area contributed by atoms with Gasteiger partial charge in [-0.15, -0.1) is 0 Å². The van der Waals surface area contributed by atoms with E-state index in [4.69, 9.17) is 0 Å². The first kappa shape index (κ1) is 9.22. The lowest BCUT2D eigenvalue weighted by atomic mass is 10.0. The summed E-state index contributed by atoms with van der Waals surface area (Å²) in [5.74, 6) is -1.40. The molecule has 68 valence electrons. The van der Waals surface area contributed by atoms with Crippen molar-refractivity contribution in [3.05, 3.63) is 12.2 Å². The van der Waals surface area contributed by atoms with Gasteiger partial charge in [0.25, 0.3) is 0 Å². The van der Waals surface area contributed by atoms with Gasteiger partial charge >= 0.3 is 5.97 Å². The van der Waals surface area contributed by atoms with Crippen LogP contribution in [0.15, 0.2) is 12.2 Å². The topological polar surface area (TPSA) is 66.8 Å². The van der Waals surface area contributed by atoms with E-state index in [0.717, 1.165) is 0 Å². The van der Waals surface area contributed by atoms with Crippen LogP contribution in [-0.2, 0) is 9.53 Å². The van der Waals surface area contributed by atoms with Gasteiger partial charge in [0, 0.05) is 0 Å². The highest BCUT2D eigenvalue weighted by Crippen LogP contribution is 2.20. The second-order valence-corrected chi connectivity index (χ2v) is 2.64. The monoisotopic (exact) mass is 172 g/mol. The summed E-state index contributed by atoms with van der Waals surface area (Å²) in [7, 11) is 0. The van der Waals surface area contributed by atoms with E-state index >= 15 is 0 Å². The summed E-state index contributed by atoms with van der Waals surface area (Å²) in [6.45, 7) is 1.94. The second kappa shape index (κ2) is 3.69. The number of carbonyl (C=O) groups is 1. The normalized spacial score (nSPS) is 33.8.